The summed E-state index contributed by atoms with van der Waals surface area (Å²) < 4.78 is 38.4. The van der Waals surface area contributed by atoms with Gasteiger partial charge in [-0.3, -0.25) is 4.79 Å². The predicted molar refractivity (Wildman–Crippen MR) is 70.2 cm³/mol. The Bertz CT molecular complexity index is 514. The molecule has 6 heteroatoms. The summed E-state index contributed by atoms with van der Waals surface area (Å²) >= 11 is 0. The van der Waals surface area contributed by atoms with Gasteiger partial charge in [0, 0.05) is 13.1 Å². The van der Waals surface area contributed by atoms with Gasteiger partial charge in [0.15, 0.2) is 0 Å². The zero-order chi connectivity index (χ0) is 14.9. The standard InChI is InChI=1S/C14H17F3N2O/c1-9-4-3-7-19(8-9)13(20)10-5-2-6-11(12(10)18)14(15,16)17/h2,5-6,9H,3-4,7-8,18H2,1H3. The van der Waals surface area contributed by atoms with Gasteiger partial charge in [-0.25, -0.2) is 0 Å². The van der Waals surface area contributed by atoms with E-state index in [0.29, 0.717) is 19.0 Å². The van der Waals surface area contributed by atoms with Crippen molar-refractivity contribution in [2.45, 2.75) is 25.9 Å². The molecule has 1 amide bonds. The van der Waals surface area contributed by atoms with Crippen LogP contribution < -0.4 is 5.73 Å². The molecule has 1 aliphatic heterocycles. The summed E-state index contributed by atoms with van der Waals surface area (Å²) in [5, 5.41) is 0. The van der Waals surface area contributed by atoms with E-state index in [0.717, 1.165) is 18.9 Å². The Hall–Kier alpha value is -1.72. The first kappa shape index (κ1) is 14.7. The number of amides is 1. The number of piperidine rings is 1. The fourth-order valence-corrected chi connectivity index (χ4v) is 2.54. The second-order valence-corrected chi connectivity index (χ2v) is 5.26. The van der Waals surface area contributed by atoms with E-state index in [-0.39, 0.29) is 5.56 Å². The normalized spacial score (nSPS) is 20.0. The van der Waals surface area contributed by atoms with Gasteiger partial charge in [-0.05, 0) is 30.9 Å². The van der Waals surface area contributed by atoms with E-state index in [1.54, 1.807) is 4.90 Å². The predicted octanol–water partition coefficient (Wildman–Crippen LogP) is 3.16. The first-order valence-corrected chi connectivity index (χ1v) is 6.55. The van der Waals surface area contributed by atoms with E-state index in [1.807, 2.05) is 6.92 Å². The van der Waals surface area contributed by atoms with Crippen molar-refractivity contribution in [2.75, 3.05) is 18.8 Å². The summed E-state index contributed by atoms with van der Waals surface area (Å²) in [4.78, 5) is 13.9. The Morgan fingerprint density at radius 1 is 1.40 bits per heavy atom. The van der Waals surface area contributed by atoms with Crippen LogP contribution in [0.4, 0.5) is 18.9 Å². The molecule has 20 heavy (non-hydrogen) atoms. The van der Waals surface area contributed by atoms with Gasteiger partial charge in [0.1, 0.15) is 0 Å². The van der Waals surface area contributed by atoms with Gasteiger partial charge in [0.05, 0.1) is 16.8 Å². The quantitative estimate of drug-likeness (QED) is 0.806. The Labute approximate surface area is 115 Å². The first-order valence-electron chi connectivity index (χ1n) is 6.55. The van der Waals surface area contributed by atoms with Gasteiger partial charge >= 0.3 is 6.18 Å². The average Bonchev–Trinajstić information content (AvgIpc) is 2.37. The van der Waals surface area contributed by atoms with Crippen LogP contribution in [0.15, 0.2) is 18.2 Å². The molecule has 1 aromatic rings. The van der Waals surface area contributed by atoms with Crippen molar-refractivity contribution in [3.05, 3.63) is 29.3 Å². The molecule has 1 fully saturated rings. The third-order valence-corrected chi connectivity index (χ3v) is 3.59. The molecule has 1 heterocycles. The number of nitrogen functional groups attached to an aromatic ring is 1. The number of anilines is 1. The Morgan fingerprint density at radius 3 is 2.70 bits per heavy atom. The van der Waals surface area contributed by atoms with E-state index in [9.17, 15) is 18.0 Å². The molecule has 0 aromatic heterocycles. The van der Waals surface area contributed by atoms with Crippen molar-refractivity contribution in [1.82, 2.24) is 4.90 Å². The minimum absolute atomic E-state index is 0.0612. The summed E-state index contributed by atoms with van der Waals surface area (Å²) in [6.45, 7) is 3.16. The van der Waals surface area contributed by atoms with Crippen molar-refractivity contribution < 1.29 is 18.0 Å². The summed E-state index contributed by atoms with van der Waals surface area (Å²) in [7, 11) is 0. The number of para-hydroxylation sites is 1. The molecule has 2 N–H and O–H groups in total. The Morgan fingerprint density at radius 2 is 2.10 bits per heavy atom. The van der Waals surface area contributed by atoms with Crippen LogP contribution in [0.25, 0.3) is 0 Å². The first-order chi connectivity index (χ1) is 9.30. The van der Waals surface area contributed by atoms with E-state index in [4.69, 9.17) is 5.73 Å². The minimum atomic E-state index is -4.55. The Kier molecular flexibility index (Phi) is 3.92. The van der Waals surface area contributed by atoms with Gasteiger partial charge < -0.3 is 10.6 Å². The smallest absolute Gasteiger partial charge is 0.398 e. The maximum absolute atomic E-state index is 12.8. The van der Waals surface area contributed by atoms with Crippen molar-refractivity contribution in [3.8, 4) is 0 Å². The third kappa shape index (κ3) is 2.89. The molecule has 0 saturated carbocycles. The largest absolute Gasteiger partial charge is 0.418 e. The molecule has 0 radical (unpaired) electrons. The summed E-state index contributed by atoms with van der Waals surface area (Å²) in [5.74, 6) is -0.0557. The Balaban J connectivity index is 2.31. The van der Waals surface area contributed by atoms with Gasteiger partial charge in [-0.1, -0.05) is 13.0 Å². The van der Waals surface area contributed by atoms with Crippen LogP contribution >= 0.6 is 0 Å². The topological polar surface area (TPSA) is 46.3 Å². The molecule has 1 saturated heterocycles. The summed E-state index contributed by atoms with van der Waals surface area (Å²) in [6, 6.07) is 3.47. The number of hydrogen-bond acceptors (Lipinski definition) is 2. The molecule has 0 spiro atoms. The second kappa shape index (κ2) is 5.34. The average molecular weight is 286 g/mol. The fourth-order valence-electron chi connectivity index (χ4n) is 2.54. The van der Waals surface area contributed by atoms with Crippen LogP contribution in [0.2, 0.25) is 0 Å². The molecule has 2 rings (SSSR count). The van der Waals surface area contributed by atoms with Crippen LogP contribution in [0.3, 0.4) is 0 Å². The van der Waals surface area contributed by atoms with E-state index in [1.165, 1.54) is 12.1 Å². The molecular weight excluding hydrogens is 269 g/mol. The zero-order valence-corrected chi connectivity index (χ0v) is 11.2. The fraction of sp³-hybridized carbons (Fsp3) is 0.500. The summed E-state index contributed by atoms with van der Waals surface area (Å²) in [5.41, 5.74) is 4.05. The molecule has 3 nitrogen and oxygen atoms in total. The molecule has 0 bridgehead atoms. The number of hydrogen-bond donors (Lipinski definition) is 1. The number of carbonyl (C=O) groups is 1. The molecule has 1 aliphatic rings. The van der Waals surface area contributed by atoms with Crippen molar-refractivity contribution in [1.29, 1.82) is 0 Å². The summed E-state index contributed by atoms with van der Waals surface area (Å²) in [6.07, 6.45) is -2.65. The number of carbonyl (C=O) groups excluding carboxylic acids is 1. The van der Waals surface area contributed by atoms with Crippen molar-refractivity contribution >= 4 is 11.6 Å². The van der Waals surface area contributed by atoms with Gasteiger partial charge in [0.25, 0.3) is 5.91 Å². The van der Waals surface area contributed by atoms with Crippen LogP contribution in [0.5, 0.6) is 0 Å². The lowest BCUT2D eigenvalue weighted by molar-refractivity contribution is -0.136. The maximum Gasteiger partial charge on any atom is 0.418 e. The SMILES string of the molecule is CC1CCCN(C(=O)c2cccc(C(F)(F)F)c2N)C1. The maximum atomic E-state index is 12.8. The highest BCUT2D eigenvalue weighted by atomic mass is 19.4. The monoisotopic (exact) mass is 286 g/mol. The molecule has 1 unspecified atom stereocenters. The van der Waals surface area contributed by atoms with Crippen molar-refractivity contribution in [2.24, 2.45) is 5.92 Å². The van der Waals surface area contributed by atoms with E-state index < -0.39 is 23.3 Å². The van der Waals surface area contributed by atoms with Crippen LogP contribution in [0.1, 0.15) is 35.7 Å². The van der Waals surface area contributed by atoms with Crippen molar-refractivity contribution in [3.63, 3.8) is 0 Å². The number of benzene rings is 1. The highest BCUT2D eigenvalue weighted by Crippen LogP contribution is 2.35. The third-order valence-electron chi connectivity index (χ3n) is 3.59. The molecule has 1 aromatic carbocycles. The minimum Gasteiger partial charge on any atom is -0.398 e. The van der Waals surface area contributed by atoms with Gasteiger partial charge in [-0.15, -0.1) is 0 Å². The lowest BCUT2D eigenvalue weighted by atomic mass is 9.98. The lowest BCUT2D eigenvalue weighted by Crippen LogP contribution is -2.39. The number of nitrogens with two attached hydrogens (primary N) is 1. The molecule has 0 aliphatic carbocycles. The number of likely N-dealkylation sites (tertiary alicyclic amines) is 1. The number of nitrogens with zero attached hydrogens (tertiary/aromatic N) is 1. The van der Waals surface area contributed by atoms with Crippen LogP contribution in [-0.4, -0.2) is 23.9 Å². The number of alkyl halides is 3. The van der Waals surface area contributed by atoms with E-state index in [2.05, 4.69) is 0 Å². The van der Waals surface area contributed by atoms with Gasteiger partial charge in [-0.2, -0.15) is 13.2 Å². The van der Waals surface area contributed by atoms with Crippen LogP contribution in [-0.2, 0) is 6.18 Å². The lowest BCUT2D eigenvalue weighted by Gasteiger charge is -2.31. The van der Waals surface area contributed by atoms with Gasteiger partial charge in [0.2, 0.25) is 0 Å². The van der Waals surface area contributed by atoms with Crippen LogP contribution in [0, 0.1) is 5.92 Å². The molecule has 1 atom stereocenters. The highest BCUT2D eigenvalue weighted by Gasteiger charge is 2.35. The highest BCUT2D eigenvalue weighted by molar-refractivity contribution is 5.99. The number of halogens is 3. The second-order valence-electron chi connectivity index (χ2n) is 5.26. The molecular formula is C14H17F3N2O. The van der Waals surface area contributed by atoms with E-state index >= 15 is 0 Å². The zero-order valence-electron chi connectivity index (χ0n) is 11.2. The molecule has 110 valence electrons. The number of rotatable bonds is 1.